The van der Waals surface area contributed by atoms with Gasteiger partial charge in [-0.2, -0.15) is 0 Å². The van der Waals surface area contributed by atoms with E-state index in [9.17, 15) is 5.11 Å². The third-order valence-electron chi connectivity index (χ3n) is 3.10. The highest BCUT2D eigenvalue weighted by Crippen LogP contribution is 2.32. The average molecular weight is 304 g/mol. The van der Waals surface area contributed by atoms with E-state index in [1.807, 2.05) is 0 Å². The minimum Gasteiger partial charge on any atom is -0.394 e. The topological polar surface area (TPSA) is 80.4 Å². The molecule has 0 spiro atoms. The first-order chi connectivity index (χ1) is 9.10. The van der Waals surface area contributed by atoms with Gasteiger partial charge in [0.25, 0.3) is 0 Å². The molecule has 1 fully saturated rings. The van der Waals surface area contributed by atoms with Crippen molar-refractivity contribution in [1.29, 1.82) is 0 Å². The molecular formula is C11H11Cl2N3O3. The summed E-state index contributed by atoms with van der Waals surface area (Å²) in [5.74, 6) is 0. The Kier molecular flexibility index (Phi) is 3.36. The van der Waals surface area contributed by atoms with Crippen molar-refractivity contribution in [2.24, 2.45) is 0 Å². The summed E-state index contributed by atoms with van der Waals surface area (Å²) in [4.78, 5) is 8.30. The zero-order valence-electron chi connectivity index (χ0n) is 9.70. The van der Waals surface area contributed by atoms with Crippen LogP contribution in [0.1, 0.15) is 12.6 Å². The van der Waals surface area contributed by atoms with E-state index in [2.05, 4.69) is 9.97 Å². The van der Waals surface area contributed by atoms with Crippen LogP contribution in [0.15, 0.2) is 12.4 Å². The van der Waals surface area contributed by atoms with Gasteiger partial charge in [-0.15, -0.1) is 0 Å². The lowest BCUT2D eigenvalue weighted by Gasteiger charge is -2.16. The Morgan fingerprint density at radius 1 is 1.47 bits per heavy atom. The van der Waals surface area contributed by atoms with Crippen molar-refractivity contribution in [3.05, 3.63) is 22.6 Å². The molecule has 19 heavy (non-hydrogen) atoms. The van der Waals surface area contributed by atoms with Crippen LogP contribution in [0.5, 0.6) is 0 Å². The fourth-order valence-electron chi connectivity index (χ4n) is 2.22. The van der Waals surface area contributed by atoms with Crippen LogP contribution in [0.4, 0.5) is 0 Å². The number of aliphatic hydroxyl groups excluding tert-OH is 2. The highest BCUT2D eigenvalue weighted by Gasteiger charge is 2.35. The Morgan fingerprint density at radius 3 is 2.95 bits per heavy atom. The van der Waals surface area contributed by atoms with Crippen molar-refractivity contribution in [2.45, 2.75) is 24.9 Å². The molecule has 1 aliphatic heterocycles. The van der Waals surface area contributed by atoms with Gasteiger partial charge in [-0.3, -0.25) is 4.57 Å². The summed E-state index contributed by atoms with van der Waals surface area (Å²) in [5, 5.41) is 19.7. The van der Waals surface area contributed by atoms with E-state index in [4.69, 9.17) is 33.0 Å². The van der Waals surface area contributed by atoms with Crippen LogP contribution in [-0.2, 0) is 4.74 Å². The number of aromatic nitrogens is 3. The lowest BCUT2D eigenvalue weighted by atomic mass is 10.2. The molecule has 8 heteroatoms. The number of hydrogen-bond donors (Lipinski definition) is 2. The molecule has 102 valence electrons. The number of aliphatic hydroxyl groups is 2. The van der Waals surface area contributed by atoms with Gasteiger partial charge >= 0.3 is 0 Å². The Labute approximate surface area is 118 Å². The number of fused-ring (bicyclic) bond motifs is 1. The van der Waals surface area contributed by atoms with E-state index in [0.717, 1.165) is 0 Å². The van der Waals surface area contributed by atoms with Crippen molar-refractivity contribution in [3.63, 3.8) is 0 Å². The second kappa shape index (κ2) is 4.88. The van der Waals surface area contributed by atoms with Crippen LogP contribution in [0.2, 0.25) is 10.2 Å². The average Bonchev–Trinajstić information content (AvgIpc) is 2.92. The molecule has 1 aliphatic rings. The fourth-order valence-corrected chi connectivity index (χ4v) is 2.71. The second-order valence-electron chi connectivity index (χ2n) is 4.39. The SMILES string of the molecule is OC[C@@H]1C[C@@H](O)[C@@H](n2cnc3c(Cl)cc(Cl)nc32)O1. The maximum Gasteiger partial charge on any atom is 0.165 e. The molecule has 0 radical (unpaired) electrons. The summed E-state index contributed by atoms with van der Waals surface area (Å²) in [7, 11) is 0. The maximum atomic E-state index is 9.98. The van der Waals surface area contributed by atoms with E-state index in [1.54, 1.807) is 4.57 Å². The Bertz CT molecular complexity index is 618. The fraction of sp³-hybridized carbons (Fsp3) is 0.455. The van der Waals surface area contributed by atoms with Crippen LogP contribution in [-0.4, -0.2) is 43.6 Å². The van der Waals surface area contributed by atoms with Gasteiger partial charge < -0.3 is 14.9 Å². The molecule has 2 aromatic rings. The number of halogens is 2. The van der Waals surface area contributed by atoms with E-state index in [0.29, 0.717) is 22.6 Å². The molecule has 0 amide bonds. The minimum absolute atomic E-state index is 0.144. The van der Waals surface area contributed by atoms with E-state index in [-0.39, 0.29) is 11.8 Å². The van der Waals surface area contributed by atoms with Gasteiger partial charge in [-0.25, -0.2) is 9.97 Å². The summed E-state index contributed by atoms with van der Waals surface area (Å²) < 4.78 is 7.13. The van der Waals surface area contributed by atoms with Gasteiger partial charge in [-0.05, 0) is 6.07 Å². The smallest absolute Gasteiger partial charge is 0.165 e. The molecule has 6 nitrogen and oxygen atoms in total. The molecule has 3 rings (SSSR count). The van der Waals surface area contributed by atoms with Crippen LogP contribution in [0.25, 0.3) is 11.2 Å². The summed E-state index contributed by atoms with van der Waals surface area (Å²) in [6, 6.07) is 1.51. The van der Waals surface area contributed by atoms with Gasteiger partial charge in [0.05, 0.1) is 24.1 Å². The highest BCUT2D eigenvalue weighted by molar-refractivity contribution is 6.37. The largest absolute Gasteiger partial charge is 0.394 e. The number of hydrogen-bond acceptors (Lipinski definition) is 5. The van der Waals surface area contributed by atoms with Crippen LogP contribution < -0.4 is 0 Å². The van der Waals surface area contributed by atoms with Crippen LogP contribution >= 0.6 is 23.2 Å². The van der Waals surface area contributed by atoms with Gasteiger partial charge in [0.2, 0.25) is 0 Å². The summed E-state index contributed by atoms with van der Waals surface area (Å²) in [5.41, 5.74) is 0.939. The predicted octanol–water partition coefficient (Wildman–Crippen LogP) is 1.38. The lowest BCUT2D eigenvalue weighted by Crippen LogP contribution is -2.19. The molecule has 0 aliphatic carbocycles. The van der Waals surface area contributed by atoms with Crippen molar-refractivity contribution >= 4 is 34.4 Å². The lowest BCUT2D eigenvalue weighted by molar-refractivity contribution is -0.0486. The van der Waals surface area contributed by atoms with E-state index in [1.165, 1.54) is 12.4 Å². The monoisotopic (exact) mass is 303 g/mol. The summed E-state index contributed by atoms with van der Waals surface area (Å²) in [6.07, 6.45) is 0.0632. The number of pyridine rings is 1. The molecule has 3 atom stereocenters. The normalized spacial score (nSPS) is 27.3. The highest BCUT2D eigenvalue weighted by atomic mass is 35.5. The number of rotatable bonds is 2. The van der Waals surface area contributed by atoms with Gasteiger partial charge in [-0.1, -0.05) is 23.2 Å². The molecular weight excluding hydrogens is 293 g/mol. The Morgan fingerprint density at radius 2 is 2.26 bits per heavy atom. The standard InChI is InChI=1S/C11H11Cl2N3O3/c12-6-2-8(13)15-10-9(6)14-4-16(10)11-7(18)1-5(3-17)19-11/h2,4-5,7,11,17-18H,1,3H2/t5-,7+,11-/m0/s1. The summed E-state index contributed by atoms with van der Waals surface area (Å²) >= 11 is 11.9. The van der Waals surface area contributed by atoms with Crippen molar-refractivity contribution in [3.8, 4) is 0 Å². The molecule has 0 aromatic carbocycles. The minimum atomic E-state index is -0.742. The quantitative estimate of drug-likeness (QED) is 0.819. The predicted molar refractivity (Wildman–Crippen MR) is 69.2 cm³/mol. The molecule has 3 heterocycles. The molecule has 1 saturated heterocycles. The number of nitrogens with zero attached hydrogens (tertiary/aromatic N) is 3. The van der Waals surface area contributed by atoms with Gasteiger partial charge in [0, 0.05) is 6.42 Å². The van der Waals surface area contributed by atoms with Crippen molar-refractivity contribution < 1.29 is 14.9 Å². The van der Waals surface area contributed by atoms with E-state index < -0.39 is 18.4 Å². The summed E-state index contributed by atoms with van der Waals surface area (Å²) in [6.45, 7) is -0.144. The first-order valence-electron chi connectivity index (χ1n) is 5.73. The first-order valence-corrected chi connectivity index (χ1v) is 6.48. The zero-order valence-corrected chi connectivity index (χ0v) is 11.2. The second-order valence-corrected chi connectivity index (χ2v) is 5.18. The van der Waals surface area contributed by atoms with E-state index >= 15 is 0 Å². The zero-order chi connectivity index (χ0) is 13.6. The molecule has 2 aromatic heterocycles. The molecule has 0 saturated carbocycles. The molecule has 0 unspecified atom stereocenters. The number of imidazole rings is 1. The van der Waals surface area contributed by atoms with Crippen molar-refractivity contribution in [1.82, 2.24) is 14.5 Å². The first kappa shape index (κ1) is 13.1. The molecule has 2 N–H and O–H groups in total. The molecule has 0 bridgehead atoms. The van der Waals surface area contributed by atoms with Gasteiger partial charge in [0.15, 0.2) is 11.9 Å². The third kappa shape index (κ3) is 2.19. The maximum absolute atomic E-state index is 9.98. The van der Waals surface area contributed by atoms with Crippen molar-refractivity contribution in [2.75, 3.05) is 6.61 Å². The third-order valence-corrected chi connectivity index (χ3v) is 3.58. The van der Waals surface area contributed by atoms with Crippen LogP contribution in [0.3, 0.4) is 0 Å². The Balaban J connectivity index is 2.06. The van der Waals surface area contributed by atoms with Gasteiger partial charge in [0.1, 0.15) is 16.8 Å². The number of ether oxygens (including phenoxy) is 1. The Hall–Kier alpha value is -0.920. The van der Waals surface area contributed by atoms with Crippen LogP contribution in [0, 0.1) is 0 Å².